The van der Waals surface area contributed by atoms with E-state index in [0.29, 0.717) is 24.5 Å². The first-order valence-electron chi connectivity index (χ1n) is 10.7. The smallest absolute Gasteiger partial charge is 0.295 e. The van der Waals surface area contributed by atoms with E-state index in [1.807, 2.05) is 43.3 Å². The van der Waals surface area contributed by atoms with Gasteiger partial charge in [-0.05, 0) is 54.8 Å². The van der Waals surface area contributed by atoms with Crippen molar-refractivity contribution in [2.75, 3.05) is 39.3 Å². The molecule has 2 aromatic carbocycles. The van der Waals surface area contributed by atoms with E-state index in [9.17, 15) is 14.7 Å². The van der Waals surface area contributed by atoms with Crippen molar-refractivity contribution < 1.29 is 24.2 Å². The van der Waals surface area contributed by atoms with Crippen molar-refractivity contribution in [3.63, 3.8) is 0 Å². The number of aliphatic hydroxyl groups excluding tert-OH is 1. The number of hydrogen-bond acceptors (Lipinski definition) is 6. The van der Waals surface area contributed by atoms with E-state index < -0.39 is 17.7 Å². The predicted molar refractivity (Wildman–Crippen MR) is 122 cm³/mol. The standard InChI is InChI=1S/C25H28N2O5/c1-26(2)18-10-6-16(7-11-18)22-21(23(28)17-8-12-19(31-3)13-9-17)24(29)25(30)27(22)15-20-5-4-14-32-20/h6-13,20,22,28H,4-5,14-15H2,1-3H3/t20-,22+/m0/s1. The third-order valence-corrected chi connectivity index (χ3v) is 6.05. The minimum Gasteiger partial charge on any atom is -0.507 e. The van der Waals surface area contributed by atoms with Crippen molar-refractivity contribution in [3.8, 4) is 5.75 Å². The van der Waals surface area contributed by atoms with E-state index in [2.05, 4.69) is 0 Å². The van der Waals surface area contributed by atoms with Gasteiger partial charge in [0.2, 0.25) is 0 Å². The van der Waals surface area contributed by atoms with Crippen molar-refractivity contribution in [2.45, 2.75) is 25.0 Å². The molecule has 0 aliphatic carbocycles. The monoisotopic (exact) mass is 436 g/mol. The Kier molecular flexibility index (Phi) is 6.19. The molecule has 0 aromatic heterocycles. The largest absolute Gasteiger partial charge is 0.507 e. The number of amides is 1. The molecule has 7 heteroatoms. The minimum absolute atomic E-state index is 0.0933. The molecule has 0 unspecified atom stereocenters. The summed E-state index contributed by atoms with van der Waals surface area (Å²) in [7, 11) is 5.45. The number of ketones is 1. The summed E-state index contributed by atoms with van der Waals surface area (Å²) < 4.78 is 10.9. The van der Waals surface area contributed by atoms with Crippen LogP contribution in [0.5, 0.6) is 5.75 Å². The maximum Gasteiger partial charge on any atom is 0.295 e. The van der Waals surface area contributed by atoms with Gasteiger partial charge in [-0.25, -0.2) is 0 Å². The number of methoxy groups -OCH3 is 1. The Balaban J connectivity index is 1.79. The van der Waals surface area contributed by atoms with Gasteiger partial charge in [0.25, 0.3) is 11.7 Å². The van der Waals surface area contributed by atoms with Crippen LogP contribution in [-0.4, -0.2) is 62.2 Å². The van der Waals surface area contributed by atoms with Crippen LogP contribution in [0.15, 0.2) is 54.1 Å². The van der Waals surface area contributed by atoms with E-state index in [1.54, 1.807) is 31.4 Å². The van der Waals surface area contributed by atoms with Crippen LogP contribution in [0.3, 0.4) is 0 Å². The van der Waals surface area contributed by atoms with E-state index in [4.69, 9.17) is 9.47 Å². The number of aliphatic hydroxyl groups is 1. The Morgan fingerprint density at radius 1 is 1.12 bits per heavy atom. The summed E-state index contributed by atoms with van der Waals surface area (Å²) >= 11 is 0. The molecule has 2 aliphatic rings. The fourth-order valence-electron chi connectivity index (χ4n) is 4.28. The van der Waals surface area contributed by atoms with Crippen LogP contribution in [-0.2, 0) is 14.3 Å². The fourth-order valence-corrected chi connectivity index (χ4v) is 4.28. The average molecular weight is 437 g/mol. The highest BCUT2D eigenvalue weighted by molar-refractivity contribution is 6.46. The molecule has 2 fully saturated rings. The lowest BCUT2D eigenvalue weighted by atomic mass is 9.95. The lowest BCUT2D eigenvalue weighted by molar-refractivity contribution is -0.140. The number of likely N-dealkylation sites (tertiary alicyclic amines) is 1. The number of ether oxygens (including phenoxy) is 2. The minimum atomic E-state index is -0.683. The van der Waals surface area contributed by atoms with Gasteiger partial charge >= 0.3 is 0 Å². The molecule has 2 aliphatic heterocycles. The predicted octanol–water partition coefficient (Wildman–Crippen LogP) is 3.36. The number of carbonyl (C=O) groups excluding carboxylic acids is 2. The summed E-state index contributed by atoms with van der Waals surface area (Å²) in [5.41, 5.74) is 2.31. The molecule has 4 rings (SSSR count). The molecule has 2 atom stereocenters. The zero-order valence-corrected chi connectivity index (χ0v) is 18.6. The third-order valence-electron chi connectivity index (χ3n) is 6.05. The van der Waals surface area contributed by atoms with Crippen LogP contribution in [0.1, 0.15) is 30.0 Å². The number of hydrogen-bond donors (Lipinski definition) is 1. The molecular formula is C25H28N2O5. The Hall–Kier alpha value is -3.32. The van der Waals surface area contributed by atoms with Crippen LogP contribution in [0.2, 0.25) is 0 Å². The van der Waals surface area contributed by atoms with Crippen LogP contribution < -0.4 is 9.64 Å². The Morgan fingerprint density at radius 3 is 2.38 bits per heavy atom. The number of rotatable bonds is 6. The molecular weight excluding hydrogens is 408 g/mol. The van der Waals surface area contributed by atoms with Gasteiger partial charge in [-0.15, -0.1) is 0 Å². The average Bonchev–Trinajstić information content (AvgIpc) is 3.41. The van der Waals surface area contributed by atoms with Gasteiger partial charge in [0.15, 0.2) is 0 Å². The van der Waals surface area contributed by atoms with E-state index in [0.717, 1.165) is 24.1 Å². The first-order chi connectivity index (χ1) is 15.4. The zero-order valence-electron chi connectivity index (χ0n) is 18.6. The summed E-state index contributed by atoms with van der Waals surface area (Å²) in [4.78, 5) is 29.7. The van der Waals surface area contributed by atoms with Gasteiger partial charge < -0.3 is 24.4 Å². The van der Waals surface area contributed by atoms with Gasteiger partial charge in [0.05, 0.1) is 24.8 Å². The topological polar surface area (TPSA) is 79.3 Å². The van der Waals surface area contributed by atoms with Gasteiger partial charge in [-0.1, -0.05) is 12.1 Å². The molecule has 1 amide bonds. The second kappa shape index (κ2) is 9.04. The van der Waals surface area contributed by atoms with E-state index in [1.165, 1.54) is 4.90 Å². The van der Waals surface area contributed by atoms with Crippen molar-refractivity contribution in [1.82, 2.24) is 4.90 Å². The van der Waals surface area contributed by atoms with Crippen molar-refractivity contribution in [1.29, 1.82) is 0 Å². The van der Waals surface area contributed by atoms with Crippen molar-refractivity contribution in [2.24, 2.45) is 0 Å². The first-order valence-corrected chi connectivity index (χ1v) is 10.7. The van der Waals surface area contributed by atoms with Gasteiger partial charge in [-0.3, -0.25) is 9.59 Å². The Bertz CT molecular complexity index is 1020. The molecule has 2 heterocycles. The second-order valence-electron chi connectivity index (χ2n) is 8.30. The summed E-state index contributed by atoms with van der Waals surface area (Å²) in [6, 6.07) is 13.8. The zero-order chi connectivity index (χ0) is 22.8. The second-order valence-corrected chi connectivity index (χ2v) is 8.30. The molecule has 0 spiro atoms. The maximum atomic E-state index is 13.1. The quantitative estimate of drug-likeness (QED) is 0.425. The molecule has 1 N–H and O–H groups in total. The number of nitrogens with zero attached hydrogens (tertiary/aromatic N) is 2. The first kappa shape index (κ1) is 21.9. The lowest BCUT2D eigenvalue weighted by Gasteiger charge is -2.28. The van der Waals surface area contributed by atoms with Crippen molar-refractivity contribution in [3.05, 3.63) is 65.2 Å². The molecule has 32 heavy (non-hydrogen) atoms. The lowest BCUT2D eigenvalue weighted by Crippen LogP contribution is -2.36. The Morgan fingerprint density at radius 2 is 1.81 bits per heavy atom. The van der Waals surface area contributed by atoms with Crippen LogP contribution in [0.25, 0.3) is 5.76 Å². The number of carbonyl (C=O) groups is 2. The van der Waals surface area contributed by atoms with Gasteiger partial charge in [-0.2, -0.15) is 0 Å². The maximum absolute atomic E-state index is 13.1. The van der Waals surface area contributed by atoms with Gasteiger partial charge in [0, 0.05) is 38.5 Å². The van der Waals surface area contributed by atoms with Crippen LogP contribution >= 0.6 is 0 Å². The van der Waals surface area contributed by atoms with E-state index >= 15 is 0 Å². The summed E-state index contributed by atoms with van der Waals surface area (Å²) in [5, 5.41) is 11.1. The SMILES string of the molecule is COc1ccc(C(O)=C2C(=O)C(=O)N(C[C@@H]3CCCO3)[C@@H]2c2ccc(N(C)C)cc2)cc1. The van der Waals surface area contributed by atoms with Gasteiger partial charge in [0.1, 0.15) is 11.5 Å². The highest BCUT2D eigenvalue weighted by Crippen LogP contribution is 2.40. The molecule has 7 nitrogen and oxygen atoms in total. The van der Waals surface area contributed by atoms with Crippen LogP contribution in [0.4, 0.5) is 5.69 Å². The number of Topliss-reactive ketones (excluding diaryl/α,β-unsaturated/α-hetero) is 1. The van der Waals surface area contributed by atoms with Crippen LogP contribution in [0, 0.1) is 0 Å². The fraction of sp³-hybridized carbons (Fsp3) is 0.360. The molecule has 0 bridgehead atoms. The number of benzene rings is 2. The molecule has 168 valence electrons. The highest BCUT2D eigenvalue weighted by Gasteiger charge is 2.47. The van der Waals surface area contributed by atoms with E-state index in [-0.39, 0.29) is 17.4 Å². The highest BCUT2D eigenvalue weighted by atomic mass is 16.5. The summed E-state index contributed by atoms with van der Waals surface area (Å²) in [6.07, 6.45) is 1.66. The third kappa shape index (κ3) is 4.08. The molecule has 0 radical (unpaired) electrons. The summed E-state index contributed by atoms with van der Waals surface area (Å²) in [6.45, 7) is 0.965. The molecule has 2 saturated heterocycles. The summed E-state index contributed by atoms with van der Waals surface area (Å²) in [5.74, 6) is -0.853. The molecule has 2 aromatic rings. The number of anilines is 1. The molecule has 0 saturated carbocycles. The normalized spacial score (nSPS) is 22.4. The van der Waals surface area contributed by atoms with Crippen molar-refractivity contribution >= 4 is 23.1 Å². The Labute approximate surface area is 187 Å².